The van der Waals surface area contributed by atoms with Crippen LogP contribution in [-0.4, -0.2) is 20.3 Å². The Bertz CT molecular complexity index is 737. The van der Waals surface area contributed by atoms with E-state index in [0.29, 0.717) is 10.9 Å². The van der Waals surface area contributed by atoms with Gasteiger partial charge in [0, 0.05) is 16.8 Å². The SMILES string of the molecule is Oc1cc2nc3ccccc3cc2c(O)c1O. The van der Waals surface area contributed by atoms with Gasteiger partial charge in [-0.25, -0.2) is 4.98 Å². The third-order valence-corrected chi connectivity index (χ3v) is 2.75. The second-order valence-corrected chi connectivity index (χ2v) is 3.84. The average Bonchev–Trinajstić information content (AvgIpc) is 2.34. The van der Waals surface area contributed by atoms with Gasteiger partial charge in [-0.05, 0) is 12.1 Å². The summed E-state index contributed by atoms with van der Waals surface area (Å²) in [7, 11) is 0. The molecule has 0 saturated carbocycles. The van der Waals surface area contributed by atoms with Gasteiger partial charge < -0.3 is 15.3 Å². The molecule has 1 aromatic heterocycles. The smallest absolute Gasteiger partial charge is 0.201 e. The second kappa shape index (κ2) is 3.25. The number of benzene rings is 2. The van der Waals surface area contributed by atoms with Crippen LogP contribution in [0.2, 0.25) is 0 Å². The van der Waals surface area contributed by atoms with Gasteiger partial charge in [-0.1, -0.05) is 18.2 Å². The zero-order valence-corrected chi connectivity index (χ0v) is 8.75. The van der Waals surface area contributed by atoms with Gasteiger partial charge in [-0.15, -0.1) is 0 Å². The quantitative estimate of drug-likeness (QED) is 0.407. The number of nitrogens with zero attached hydrogens (tertiary/aromatic N) is 1. The molecule has 4 nitrogen and oxygen atoms in total. The minimum Gasteiger partial charge on any atom is -0.504 e. The molecule has 0 fully saturated rings. The number of phenols is 3. The Hall–Kier alpha value is -2.49. The van der Waals surface area contributed by atoms with Crippen LogP contribution in [-0.2, 0) is 0 Å². The van der Waals surface area contributed by atoms with Crippen molar-refractivity contribution >= 4 is 21.8 Å². The number of phenolic OH excluding ortho intramolecular Hbond substituents is 3. The fourth-order valence-corrected chi connectivity index (χ4v) is 1.88. The number of hydrogen-bond donors (Lipinski definition) is 3. The maximum absolute atomic E-state index is 9.75. The molecule has 0 aliphatic carbocycles. The summed E-state index contributed by atoms with van der Waals surface area (Å²) in [5, 5.41) is 29.9. The fourth-order valence-electron chi connectivity index (χ4n) is 1.88. The Morgan fingerprint density at radius 3 is 2.41 bits per heavy atom. The van der Waals surface area contributed by atoms with Gasteiger partial charge >= 0.3 is 0 Å². The maximum atomic E-state index is 9.75. The molecule has 3 rings (SSSR count). The van der Waals surface area contributed by atoms with E-state index >= 15 is 0 Å². The van der Waals surface area contributed by atoms with E-state index in [1.54, 1.807) is 6.07 Å². The molecule has 0 spiro atoms. The standard InChI is InChI=1S/C13H9NO3/c15-11-6-10-8(12(16)13(11)17)5-7-3-1-2-4-9(7)14-10/h1-6,15-17H. The first-order valence-electron chi connectivity index (χ1n) is 5.10. The molecule has 0 atom stereocenters. The zero-order valence-electron chi connectivity index (χ0n) is 8.75. The number of para-hydroxylation sites is 1. The van der Waals surface area contributed by atoms with Gasteiger partial charge in [0.1, 0.15) is 0 Å². The first-order chi connectivity index (χ1) is 8.16. The predicted octanol–water partition coefficient (Wildman–Crippen LogP) is 2.50. The Balaban J connectivity index is 2.52. The molecular weight excluding hydrogens is 218 g/mol. The highest BCUT2D eigenvalue weighted by atomic mass is 16.3. The molecule has 0 aliphatic heterocycles. The topological polar surface area (TPSA) is 73.6 Å². The van der Waals surface area contributed by atoms with E-state index in [1.165, 1.54) is 6.07 Å². The lowest BCUT2D eigenvalue weighted by Crippen LogP contribution is -1.83. The van der Waals surface area contributed by atoms with E-state index in [2.05, 4.69) is 4.98 Å². The van der Waals surface area contributed by atoms with Crippen LogP contribution in [0.4, 0.5) is 0 Å². The molecule has 84 valence electrons. The van der Waals surface area contributed by atoms with E-state index in [0.717, 1.165) is 10.9 Å². The minimum atomic E-state index is -0.519. The van der Waals surface area contributed by atoms with Crippen molar-refractivity contribution < 1.29 is 15.3 Å². The summed E-state index contributed by atoms with van der Waals surface area (Å²) in [6.07, 6.45) is 0. The van der Waals surface area contributed by atoms with Crippen LogP contribution in [0.15, 0.2) is 36.4 Å². The molecule has 1 heterocycles. The van der Waals surface area contributed by atoms with Crippen LogP contribution in [0, 0.1) is 0 Å². The van der Waals surface area contributed by atoms with Crippen LogP contribution in [0.1, 0.15) is 0 Å². The number of aromatic hydroxyl groups is 3. The second-order valence-electron chi connectivity index (χ2n) is 3.84. The van der Waals surface area contributed by atoms with E-state index in [9.17, 15) is 15.3 Å². The highest BCUT2D eigenvalue weighted by Crippen LogP contribution is 2.41. The highest BCUT2D eigenvalue weighted by molar-refractivity contribution is 5.98. The van der Waals surface area contributed by atoms with Crippen molar-refractivity contribution in [3.63, 3.8) is 0 Å². The molecule has 4 heteroatoms. The van der Waals surface area contributed by atoms with Crippen LogP contribution >= 0.6 is 0 Å². The van der Waals surface area contributed by atoms with Gasteiger partial charge in [-0.2, -0.15) is 0 Å². The van der Waals surface area contributed by atoms with Crippen LogP contribution < -0.4 is 0 Å². The molecule has 3 aromatic rings. The van der Waals surface area contributed by atoms with Crippen LogP contribution in [0.5, 0.6) is 17.2 Å². The van der Waals surface area contributed by atoms with Crippen molar-refractivity contribution in [1.29, 1.82) is 0 Å². The van der Waals surface area contributed by atoms with Crippen molar-refractivity contribution in [2.45, 2.75) is 0 Å². The lowest BCUT2D eigenvalue weighted by atomic mass is 10.1. The van der Waals surface area contributed by atoms with Crippen molar-refractivity contribution in [3.05, 3.63) is 36.4 Å². The summed E-state index contributed by atoms with van der Waals surface area (Å²) in [6.45, 7) is 0. The molecule has 3 N–H and O–H groups in total. The van der Waals surface area contributed by atoms with Crippen LogP contribution in [0.25, 0.3) is 21.8 Å². The normalized spacial score (nSPS) is 11.1. The number of rotatable bonds is 0. The summed E-state index contributed by atoms with van der Waals surface area (Å²) in [5.74, 6) is -1.24. The van der Waals surface area contributed by atoms with Gasteiger partial charge in [0.25, 0.3) is 0 Å². The summed E-state index contributed by atoms with van der Waals surface area (Å²) >= 11 is 0. The maximum Gasteiger partial charge on any atom is 0.201 e. The lowest BCUT2D eigenvalue weighted by molar-refractivity contribution is 0.371. The van der Waals surface area contributed by atoms with Gasteiger partial charge in [0.05, 0.1) is 11.0 Å². The summed E-state index contributed by atoms with van der Waals surface area (Å²) < 4.78 is 0. The Morgan fingerprint density at radius 2 is 1.59 bits per heavy atom. The molecule has 2 aromatic carbocycles. The van der Waals surface area contributed by atoms with E-state index in [4.69, 9.17) is 0 Å². The Labute approximate surface area is 96.4 Å². The average molecular weight is 227 g/mol. The molecule has 0 radical (unpaired) electrons. The number of aromatic nitrogens is 1. The summed E-state index contributed by atoms with van der Waals surface area (Å²) in [5.41, 5.74) is 1.21. The summed E-state index contributed by atoms with van der Waals surface area (Å²) in [4.78, 5) is 4.31. The number of pyridine rings is 1. The van der Waals surface area contributed by atoms with Crippen molar-refractivity contribution in [2.24, 2.45) is 0 Å². The first-order valence-corrected chi connectivity index (χ1v) is 5.10. The Morgan fingerprint density at radius 1 is 0.824 bits per heavy atom. The molecular formula is C13H9NO3. The van der Waals surface area contributed by atoms with Crippen molar-refractivity contribution in [2.75, 3.05) is 0 Å². The highest BCUT2D eigenvalue weighted by Gasteiger charge is 2.12. The fraction of sp³-hybridized carbons (Fsp3) is 0. The van der Waals surface area contributed by atoms with Gasteiger partial charge in [0.15, 0.2) is 11.5 Å². The van der Waals surface area contributed by atoms with E-state index in [1.807, 2.05) is 24.3 Å². The van der Waals surface area contributed by atoms with E-state index < -0.39 is 5.75 Å². The molecule has 0 bridgehead atoms. The predicted molar refractivity (Wildman–Crippen MR) is 64.2 cm³/mol. The third kappa shape index (κ3) is 1.34. The summed E-state index contributed by atoms with van der Waals surface area (Å²) in [6, 6.07) is 10.5. The zero-order chi connectivity index (χ0) is 12.0. The number of hydrogen-bond acceptors (Lipinski definition) is 4. The molecule has 0 saturated heterocycles. The molecule has 0 amide bonds. The van der Waals surface area contributed by atoms with Gasteiger partial charge in [0.2, 0.25) is 5.75 Å². The van der Waals surface area contributed by atoms with Crippen molar-refractivity contribution in [1.82, 2.24) is 4.98 Å². The number of fused-ring (bicyclic) bond motifs is 2. The first kappa shape index (κ1) is 9.72. The molecule has 17 heavy (non-hydrogen) atoms. The van der Waals surface area contributed by atoms with Crippen molar-refractivity contribution in [3.8, 4) is 17.2 Å². The minimum absolute atomic E-state index is 0.349. The monoisotopic (exact) mass is 227 g/mol. The molecule has 0 unspecified atom stereocenters. The molecule has 0 aliphatic rings. The Kier molecular flexibility index (Phi) is 1.86. The van der Waals surface area contributed by atoms with Gasteiger partial charge in [-0.3, -0.25) is 0 Å². The lowest BCUT2D eigenvalue weighted by Gasteiger charge is -2.06. The van der Waals surface area contributed by atoms with E-state index in [-0.39, 0.29) is 11.5 Å². The largest absolute Gasteiger partial charge is 0.504 e. The third-order valence-electron chi connectivity index (χ3n) is 2.75. The van der Waals surface area contributed by atoms with Crippen LogP contribution in [0.3, 0.4) is 0 Å².